The minimum absolute atomic E-state index is 0.00681. The van der Waals surface area contributed by atoms with Crippen LogP contribution in [0.5, 0.6) is 0 Å². The molecular formula is C44H50ClF4N7O7. The first-order chi connectivity index (χ1) is 29.8. The monoisotopic (exact) mass is 899 g/mol. The number of carboxylic acids is 2. The second-order valence-corrected chi connectivity index (χ2v) is 18.2. The zero-order valence-electron chi connectivity index (χ0n) is 35.4. The van der Waals surface area contributed by atoms with Gasteiger partial charge in [-0.3, -0.25) is 21.1 Å². The Hall–Kier alpha value is -5.04. The molecule has 5 N–H and O–H groups in total. The van der Waals surface area contributed by atoms with Crippen LogP contribution in [-0.4, -0.2) is 85.8 Å². The van der Waals surface area contributed by atoms with Gasteiger partial charge < -0.3 is 24.0 Å². The zero-order chi connectivity index (χ0) is 45.6. The third-order valence-electron chi connectivity index (χ3n) is 13.1. The Balaban J connectivity index is 0.000000160. The molecule has 4 saturated carbocycles. The number of methoxy groups -OCH3 is 1. The van der Waals surface area contributed by atoms with E-state index in [1.54, 1.807) is 0 Å². The predicted molar refractivity (Wildman–Crippen MR) is 222 cm³/mol. The van der Waals surface area contributed by atoms with Gasteiger partial charge in [-0.05, 0) is 107 Å². The average Bonchev–Trinajstić information content (AvgIpc) is 3.96. The van der Waals surface area contributed by atoms with Gasteiger partial charge in [0.1, 0.15) is 11.1 Å². The molecule has 9 rings (SSSR count). The summed E-state index contributed by atoms with van der Waals surface area (Å²) < 4.78 is 68.4. The van der Waals surface area contributed by atoms with Crippen molar-refractivity contribution in [2.75, 3.05) is 7.11 Å². The van der Waals surface area contributed by atoms with Crippen LogP contribution in [0.4, 0.5) is 17.6 Å². The Morgan fingerprint density at radius 1 is 0.937 bits per heavy atom. The largest absolute Gasteiger partial charge is 0.481 e. The van der Waals surface area contributed by atoms with E-state index < -0.39 is 53.2 Å². The summed E-state index contributed by atoms with van der Waals surface area (Å²) in [5.74, 6) is 3.90. The molecule has 5 aliphatic rings. The number of aryl methyl sites for hydroxylation is 2. The lowest BCUT2D eigenvalue weighted by atomic mass is 9.70. The van der Waals surface area contributed by atoms with Gasteiger partial charge in [0.25, 0.3) is 18.7 Å². The smallest absolute Gasteiger partial charge is 0.336 e. The van der Waals surface area contributed by atoms with Gasteiger partial charge >= 0.3 is 11.9 Å². The molecule has 1 aliphatic heterocycles. The summed E-state index contributed by atoms with van der Waals surface area (Å²) >= 11 is 6.47. The summed E-state index contributed by atoms with van der Waals surface area (Å²) in [6, 6.07) is 13.4. The first-order valence-electron chi connectivity index (χ1n) is 20.7. The molecule has 1 atom stereocenters. The first-order valence-corrected chi connectivity index (χ1v) is 21.0. The molecule has 0 bridgehead atoms. The summed E-state index contributed by atoms with van der Waals surface area (Å²) in [5, 5.41) is 26.6. The lowest BCUT2D eigenvalue weighted by Crippen LogP contribution is -2.60. The zero-order valence-corrected chi connectivity index (χ0v) is 36.1. The number of hydrogen-bond donors (Lipinski definition) is 4. The molecule has 0 spiro atoms. The van der Waals surface area contributed by atoms with Crippen molar-refractivity contribution in [2.24, 2.45) is 22.7 Å². The summed E-state index contributed by atoms with van der Waals surface area (Å²) in [4.78, 5) is 34.8. The lowest BCUT2D eigenvalue weighted by molar-refractivity contribution is -0.176. The molecule has 338 valence electrons. The molecule has 19 heteroatoms. The van der Waals surface area contributed by atoms with Crippen LogP contribution in [0.25, 0.3) is 5.57 Å². The second-order valence-electron chi connectivity index (χ2n) is 17.8. The summed E-state index contributed by atoms with van der Waals surface area (Å²) in [7, 11) is 1.40. The molecule has 1 unspecified atom stereocenters. The SMILES string of the molecule is COC1(C(=O)O)CC(NN)C1.Cc1ccc(C2(c3noc(C4=CC(C(F)F)=NC4C4CC(C(=O)O)C4)n3)CC2)c(Cl)c1.Cc1ccccc1C1(c2noc(C(C)(C)C(F)F)n2)CC1. The second kappa shape index (κ2) is 17.5. The number of nitrogens with one attached hydrogen (secondary N) is 1. The molecule has 4 aliphatic carbocycles. The first kappa shape index (κ1) is 46.0. The van der Waals surface area contributed by atoms with Crippen molar-refractivity contribution in [1.82, 2.24) is 25.7 Å². The Kier molecular flexibility index (Phi) is 12.8. The fourth-order valence-electron chi connectivity index (χ4n) is 8.49. The van der Waals surface area contributed by atoms with E-state index in [1.807, 2.05) is 50.2 Å². The Labute approximate surface area is 365 Å². The maximum atomic E-state index is 13.3. The van der Waals surface area contributed by atoms with Crippen molar-refractivity contribution in [2.45, 2.75) is 126 Å². The van der Waals surface area contributed by atoms with Gasteiger partial charge in [-0.1, -0.05) is 58.3 Å². The Morgan fingerprint density at radius 2 is 1.56 bits per heavy atom. The predicted octanol–water partition coefficient (Wildman–Crippen LogP) is 7.78. The van der Waals surface area contributed by atoms with Crippen molar-refractivity contribution >= 4 is 34.8 Å². The van der Waals surface area contributed by atoms with Gasteiger partial charge in [0, 0.05) is 36.6 Å². The quantitative estimate of drug-likeness (QED) is 0.0574. The van der Waals surface area contributed by atoms with Crippen molar-refractivity contribution in [3.8, 4) is 0 Å². The molecule has 14 nitrogen and oxygen atoms in total. The van der Waals surface area contributed by atoms with Crippen LogP contribution < -0.4 is 11.3 Å². The van der Waals surface area contributed by atoms with Crippen LogP contribution in [0.3, 0.4) is 0 Å². The topological polar surface area (TPSA) is 212 Å². The Morgan fingerprint density at radius 3 is 2.10 bits per heavy atom. The van der Waals surface area contributed by atoms with E-state index in [9.17, 15) is 27.2 Å². The van der Waals surface area contributed by atoms with Crippen LogP contribution in [0.1, 0.15) is 111 Å². The van der Waals surface area contributed by atoms with E-state index in [2.05, 4.69) is 36.8 Å². The van der Waals surface area contributed by atoms with Gasteiger partial charge in [0.05, 0.1) is 22.8 Å². The van der Waals surface area contributed by atoms with Gasteiger partial charge in [-0.25, -0.2) is 22.4 Å². The fourth-order valence-corrected chi connectivity index (χ4v) is 8.90. The molecule has 0 saturated heterocycles. The number of benzene rings is 2. The highest BCUT2D eigenvalue weighted by Crippen LogP contribution is 2.55. The summed E-state index contributed by atoms with van der Waals surface area (Å²) in [6.45, 7) is 6.84. The number of ether oxygens (including phenoxy) is 1. The van der Waals surface area contributed by atoms with E-state index in [4.69, 9.17) is 41.4 Å². The molecule has 4 aromatic rings. The maximum absolute atomic E-state index is 13.3. The number of hydrazine groups is 1. The number of carbonyl (C=O) groups is 2. The lowest BCUT2D eigenvalue weighted by Gasteiger charge is -2.42. The molecular weight excluding hydrogens is 850 g/mol. The molecule has 0 radical (unpaired) electrons. The van der Waals surface area contributed by atoms with Crippen LogP contribution >= 0.6 is 11.6 Å². The highest BCUT2D eigenvalue weighted by atomic mass is 35.5. The molecule has 2 aromatic heterocycles. The third kappa shape index (κ3) is 8.78. The number of nitrogens with two attached hydrogens (primary N) is 1. The van der Waals surface area contributed by atoms with E-state index in [1.165, 1.54) is 27.0 Å². The number of halogens is 5. The summed E-state index contributed by atoms with van der Waals surface area (Å²) in [6.07, 6.45) is 1.18. The van der Waals surface area contributed by atoms with Crippen LogP contribution in [0.15, 0.2) is 62.6 Å². The minimum Gasteiger partial charge on any atom is -0.481 e. The van der Waals surface area contributed by atoms with Gasteiger partial charge in [-0.15, -0.1) is 0 Å². The van der Waals surface area contributed by atoms with Crippen LogP contribution in [-0.2, 0) is 30.6 Å². The number of hydrogen-bond acceptors (Lipinski definition) is 12. The number of alkyl halides is 4. The van der Waals surface area contributed by atoms with Crippen molar-refractivity contribution in [3.05, 3.63) is 99.2 Å². The number of aliphatic carboxylic acids is 2. The van der Waals surface area contributed by atoms with E-state index in [-0.39, 0.29) is 34.9 Å². The highest BCUT2D eigenvalue weighted by molar-refractivity contribution is 6.31. The minimum atomic E-state index is -2.72. The third-order valence-corrected chi connectivity index (χ3v) is 13.4. The standard InChI is InChI=1S/C22H20ClF2N3O3.C16H18F2N2O.C6H12N2O3/c1-10-2-3-14(15(23)6-10)22(4-5-22)21-27-19(31-28-21)13-9-16(18(24)25)26-17(13)11-7-12(8-11)20(29)30;1-10-6-4-5-7-11(10)16(8-9-16)13-19-14(21-20-13)15(2,3)12(17)18;1-11-6(5(9)10)2-4(3-6)8-7/h2-3,6,9,11-12,17-18H,4-5,7-8H2,1H3,(H,29,30);4-7,12H,8-9H2,1-3H3;4,8H,2-3,7H2,1H3,(H,9,10). The molecule has 2 aromatic carbocycles. The molecule has 0 amide bonds. The summed E-state index contributed by atoms with van der Waals surface area (Å²) in [5.41, 5.74) is 3.80. The number of rotatable bonds is 13. The number of aliphatic imine (C=N–C) groups is 1. The molecule has 3 heterocycles. The normalized spacial score (nSPS) is 25.1. The molecule has 4 fully saturated rings. The van der Waals surface area contributed by atoms with Crippen molar-refractivity contribution in [3.63, 3.8) is 0 Å². The average molecular weight is 900 g/mol. The van der Waals surface area contributed by atoms with E-state index in [0.29, 0.717) is 47.9 Å². The van der Waals surface area contributed by atoms with Crippen LogP contribution in [0.2, 0.25) is 5.02 Å². The maximum Gasteiger partial charge on any atom is 0.336 e. The van der Waals surface area contributed by atoms with Gasteiger partial charge in [0.2, 0.25) is 5.89 Å². The number of allylic oxidation sites excluding steroid dienone is 1. The van der Waals surface area contributed by atoms with E-state index >= 15 is 0 Å². The number of aromatic nitrogens is 4. The van der Waals surface area contributed by atoms with Gasteiger partial charge in [-0.2, -0.15) is 9.97 Å². The fraction of sp³-hybridized carbons (Fsp3) is 0.523. The number of carboxylic acid groups (broad SMARTS) is 2. The highest BCUT2D eigenvalue weighted by Gasteiger charge is 2.54. The van der Waals surface area contributed by atoms with Crippen molar-refractivity contribution in [1.29, 1.82) is 0 Å². The van der Waals surface area contributed by atoms with Crippen molar-refractivity contribution < 1.29 is 51.1 Å². The van der Waals surface area contributed by atoms with Crippen LogP contribution in [0, 0.1) is 25.7 Å². The molecule has 63 heavy (non-hydrogen) atoms. The Bertz CT molecular complexity index is 2400. The van der Waals surface area contributed by atoms with E-state index in [0.717, 1.165) is 47.9 Å². The van der Waals surface area contributed by atoms with Gasteiger partial charge in [0.15, 0.2) is 17.2 Å². The number of nitrogens with zero attached hydrogens (tertiary/aromatic N) is 5.